The second-order valence-corrected chi connectivity index (χ2v) is 5.66. The van der Waals surface area contributed by atoms with Gasteiger partial charge in [-0.05, 0) is 28.8 Å². The van der Waals surface area contributed by atoms with Crippen LogP contribution in [-0.2, 0) is 0 Å². The molecule has 128 valence electrons. The average molecular weight is 348 g/mol. The third-order valence-electron chi connectivity index (χ3n) is 3.73. The predicted molar refractivity (Wildman–Crippen MR) is 99.2 cm³/mol. The van der Waals surface area contributed by atoms with E-state index in [0.29, 0.717) is 11.1 Å². The zero-order chi connectivity index (χ0) is 18.4. The fourth-order valence-corrected chi connectivity index (χ4v) is 2.49. The lowest BCUT2D eigenvalue weighted by Crippen LogP contribution is -2.02. The molecular weight excluding hydrogens is 333 g/mol. The maximum absolute atomic E-state index is 12.9. The Labute approximate surface area is 150 Å². The van der Waals surface area contributed by atoms with Crippen molar-refractivity contribution in [2.75, 3.05) is 0 Å². The smallest absolute Gasteiger partial charge is 0.167 e. The molecule has 0 fully saturated rings. The zero-order valence-corrected chi connectivity index (χ0v) is 13.8. The SMILES string of the molecule is FC(F)(F)/C=C(\C#Cc1ccccc1)c1ccc(-c2ccccc2)cc1. The summed E-state index contributed by atoms with van der Waals surface area (Å²) >= 11 is 0. The monoisotopic (exact) mass is 348 g/mol. The van der Waals surface area contributed by atoms with Crippen LogP contribution in [0.5, 0.6) is 0 Å². The highest BCUT2D eigenvalue weighted by atomic mass is 19.4. The first-order valence-corrected chi connectivity index (χ1v) is 8.04. The maximum atomic E-state index is 12.9. The minimum Gasteiger partial charge on any atom is -0.167 e. The number of rotatable bonds is 2. The topological polar surface area (TPSA) is 0 Å². The summed E-state index contributed by atoms with van der Waals surface area (Å²) in [6.07, 6.45) is -4.18. The van der Waals surface area contributed by atoms with Gasteiger partial charge in [0.15, 0.2) is 0 Å². The van der Waals surface area contributed by atoms with Crippen LogP contribution in [0.2, 0.25) is 0 Å². The van der Waals surface area contributed by atoms with Gasteiger partial charge in [0.05, 0.1) is 0 Å². The summed E-state index contributed by atoms with van der Waals surface area (Å²) in [6, 6.07) is 25.6. The van der Waals surface area contributed by atoms with Gasteiger partial charge < -0.3 is 0 Å². The van der Waals surface area contributed by atoms with Crippen molar-refractivity contribution in [3.8, 4) is 23.0 Å². The summed E-state index contributed by atoms with van der Waals surface area (Å²) in [4.78, 5) is 0. The van der Waals surface area contributed by atoms with Gasteiger partial charge in [0.2, 0.25) is 0 Å². The molecule has 0 nitrogen and oxygen atoms in total. The van der Waals surface area contributed by atoms with Gasteiger partial charge in [-0.1, -0.05) is 84.6 Å². The number of benzene rings is 3. The second-order valence-electron chi connectivity index (χ2n) is 5.66. The molecule has 0 radical (unpaired) electrons. The Balaban J connectivity index is 1.95. The first kappa shape index (κ1) is 17.6. The van der Waals surface area contributed by atoms with E-state index in [9.17, 15) is 13.2 Å². The van der Waals surface area contributed by atoms with E-state index in [1.807, 2.05) is 36.4 Å². The van der Waals surface area contributed by atoms with E-state index in [0.717, 1.165) is 11.1 Å². The Morgan fingerprint density at radius 2 is 1.23 bits per heavy atom. The van der Waals surface area contributed by atoms with Crippen molar-refractivity contribution in [2.45, 2.75) is 6.18 Å². The number of hydrogen-bond acceptors (Lipinski definition) is 0. The Bertz CT molecular complexity index is 940. The highest BCUT2D eigenvalue weighted by Crippen LogP contribution is 2.26. The van der Waals surface area contributed by atoms with Gasteiger partial charge in [0.25, 0.3) is 0 Å². The molecule has 0 atom stereocenters. The van der Waals surface area contributed by atoms with Gasteiger partial charge in [-0.2, -0.15) is 13.2 Å². The Hall–Kier alpha value is -3.25. The van der Waals surface area contributed by atoms with Crippen LogP contribution in [0, 0.1) is 11.8 Å². The van der Waals surface area contributed by atoms with Crippen molar-refractivity contribution in [2.24, 2.45) is 0 Å². The van der Waals surface area contributed by atoms with Gasteiger partial charge in [-0.3, -0.25) is 0 Å². The zero-order valence-electron chi connectivity index (χ0n) is 13.8. The van der Waals surface area contributed by atoms with E-state index in [1.54, 1.807) is 48.5 Å². The molecule has 0 N–H and O–H groups in total. The summed E-state index contributed by atoms with van der Waals surface area (Å²) < 4.78 is 38.8. The minimum absolute atomic E-state index is 0.0547. The van der Waals surface area contributed by atoms with Crippen LogP contribution in [-0.4, -0.2) is 6.18 Å². The molecule has 26 heavy (non-hydrogen) atoms. The van der Waals surface area contributed by atoms with Crippen LogP contribution in [0.15, 0.2) is 91.0 Å². The molecule has 0 heterocycles. The van der Waals surface area contributed by atoms with Crippen molar-refractivity contribution in [1.82, 2.24) is 0 Å². The van der Waals surface area contributed by atoms with E-state index >= 15 is 0 Å². The Morgan fingerprint density at radius 3 is 1.81 bits per heavy atom. The molecule has 0 aliphatic carbocycles. The van der Waals surface area contributed by atoms with E-state index in [4.69, 9.17) is 0 Å². The fraction of sp³-hybridized carbons (Fsp3) is 0.0435. The lowest BCUT2D eigenvalue weighted by atomic mass is 10.00. The quantitative estimate of drug-likeness (QED) is 0.473. The molecule has 3 rings (SSSR count). The predicted octanol–water partition coefficient (Wildman–Crippen LogP) is 6.35. The van der Waals surface area contributed by atoms with Gasteiger partial charge >= 0.3 is 6.18 Å². The van der Waals surface area contributed by atoms with Crippen LogP contribution < -0.4 is 0 Å². The highest BCUT2D eigenvalue weighted by molar-refractivity contribution is 5.81. The first-order valence-electron chi connectivity index (χ1n) is 8.04. The standard InChI is InChI=1S/C23H15F3/c24-23(25,26)17-22(12-11-18-7-3-1-4-8-18)21-15-13-20(14-16-21)19-9-5-2-6-10-19/h1-10,13-17H/b22-17+. The Kier molecular flexibility index (Phi) is 5.24. The van der Waals surface area contributed by atoms with Crippen LogP contribution in [0.25, 0.3) is 16.7 Å². The molecule has 0 saturated heterocycles. The van der Waals surface area contributed by atoms with E-state index < -0.39 is 6.18 Å². The molecule has 0 saturated carbocycles. The molecule has 0 bridgehead atoms. The van der Waals surface area contributed by atoms with E-state index in [-0.39, 0.29) is 11.6 Å². The molecule has 3 heteroatoms. The van der Waals surface area contributed by atoms with Crippen molar-refractivity contribution >= 4 is 5.57 Å². The van der Waals surface area contributed by atoms with Crippen molar-refractivity contribution in [3.05, 3.63) is 102 Å². The molecule has 0 aromatic heterocycles. The van der Waals surface area contributed by atoms with Crippen LogP contribution in [0.4, 0.5) is 13.2 Å². The summed E-state index contributed by atoms with van der Waals surface area (Å²) in [7, 11) is 0. The molecule has 3 aromatic carbocycles. The molecule has 0 aliphatic heterocycles. The third-order valence-corrected chi connectivity index (χ3v) is 3.73. The van der Waals surface area contributed by atoms with Crippen LogP contribution in [0.3, 0.4) is 0 Å². The lowest BCUT2D eigenvalue weighted by Gasteiger charge is -2.06. The van der Waals surface area contributed by atoms with E-state index in [1.165, 1.54) is 0 Å². The number of allylic oxidation sites excluding steroid dienone is 2. The summed E-state index contributed by atoms with van der Waals surface area (Å²) in [5.41, 5.74) is 3.00. The summed E-state index contributed by atoms with van der Waals surface area (Å²) in [5, 5.41) is 0. The second kappa shape index (κ2) is 7.76. The molecule has 0 spiro atoms. The lowest BCUT2D eigenvalue weighted by molar-refractivity contribution is -0.0792. The minimum atomic E-state index is -4.43. The first-order chi connectivity index (χ1) is 12.5. The van der Waals surface area contributed by atoms with Gasteiger partial charge in [-0.15, -0.1) is 0 Å². The normalized spacial score (nSPS) is 11.6. The third kappa shape index (κ3) is 4.87. The highest BCUT2D eigenvalue weighted by Gasteiger charge is 2.24. The number of hydrogen-bond donors (Lipinski definition) is 0. The maximum Gasteiger partial charge on any atom is 0.410 e. The van der Waals surface area contributed by atoms with Crippen molar-refractivity contribution < 1.29 is 13.2 Å². The molecule has 0 aliphatic rings. The fourth-order valence-electron chi connectivity index (χ4n) is 2.49. The number of halogens is 3. The van der Waals surface area contributed by atoms with Crippen LogP contribution in [0.1, 0.15) is 11.1 Å². The van der Waals surface area contributed by atoms with Crippen molar-refractivity contribution in [1.29, 1.82) is 0 Å². The Morgan fingerprint density at radius 1 is 0.692 bits per heavy atom. The van der Waals surface area contributed by atoms with E-state index in [2.05, 4.69) is 11.8 Å². The molecule has 3 aromatic rings. The largest absolute Gasteiger partial charge is 0.410 e. The molecular formula is C23H15F3. The van der Waals surface area contributed by atoms with Crippen molar-refractivity contribution in [3.63, 3.8) is 0 Å². The van der Waals surface area contributed by atoms with Gasteiger partial charge in [0, 0.05) is 17.2 Å². The van der Waals surface area contributed by atoms with Gasteiger partial charge in [0.1, 0.15) is 0 Å². The summed E-state index contributed by atoms with van der Waals surface area (Å²) in [5.74, 6) is 5.45. The molecule has 0 amide bonds. The average Bonchev–Trinajstić information content (AvgIpc) is 2.66. The number of alkyl halides is 3. The molecule has 0 unspecified atom stereocenters. The summed E-state index contributed by atoms with van der Waals surface area (Å²) in [6.45, 7) is 0. The van der Waals surface area contributed by atoms with Crippen LogP contribution >= 0.6 is 0 Å². The van der Waals surface area contributed by atoms with Gasteiger partial charge in [-0.25, -0.2) is 0 Å².